The summed E-state index contributed by atoms with van der Waals surface area (Å²) in [7, 11) is 3.18. The summed E-state index contributed by atoms with van der Waals surface area (Å²) in [4.78, 5) is 20.4. The second-order valence-electron chi connectivity index (χ2n) is 4.58. The van der Waals surface area contributed by atoms with E-state index in [0.29, 0.717) is 28.4 Å². The monoisotopic (exact) mass is 365 g/mol. The maximum Gasteiger partial charge on any atom is 0.357 e. The number of rotatable bonds is 6. The standard InChI is InChI=1S/C15H15N3O4S2/c1-4-22-13(19)9-7-23-14(17-9)18-15-16-8-5-10(20-2)11(21-3)6-12(8)24-15/h5-7H,4H2,1-3H3,(H,16,17,18). The fraction of sp³-hybridized carbons (Fsp3) is 0.267. The number of anilines is 2. The summed E-state index contributed by atoms with van der Waals surface area (Å²) < 4.78 is 16.5. The maximum atomic E-state index is 11.6. The molecule has 2 heterocycles. The number of esters is 1. The van der Waals surface area contributed by atoms with Crippen molar-refractivity contribution in [1.82, 2.24) is 9.97 Å². The predicted octanol–water partition coefficient (Wildman–Crippen LogP) is 3.69. The first-order valence-electron chi connectivity index (χ1n) is 7.06. The Morgan fingerprint density at radius 2 is 1.92 bits per heavy atom. The lowest BCUT2D eigenvalue weighted by Gasteiger charge is -2.05. The van der Waals surface area contributed by atoms with Crippen molar-refractivity contribution in [2.45, 2.75) is 6.92 Å². The number of nitrogens with one attached hydrogen (secondary N) is 1. The zero-order valence-corrected chi connectivity index (χ0v) is 14.9. The molecule has 0 aliphatic rings. The zero-order chi connectivity index (χ0) is 17.1. The van der Waals surface area contributed by atoms with Crippen LogP contribution in [0.5, 0.6) is 11.5 Å². The van der Waals surface area contributed by atoms with E-state index in [4.69, 9.17) is 14.2 Å². The molecule has 3 rings (SSSR count). The van der Waals surface area contributed by atoms with E-state index in [1.54, 1.807) is 26.5 Å². The zero-order valence-electron chi connectivity index (χ0n) is 13.3. The van der Waals surface area contributed by atoms with Crippen LogP contribution in [-0.2, 0) is 4.74 Å². The van der Waals surface area contributed by atoms with Crippen LogP contribution in [0.15, 0.2) is 17.5 Å². The van der Waals surface area contributed by atoms with Gasteiger partial charge in [0.1, 0.15) is 0 Å². The molecule has 2 aromatic heterocycles. The molecule has 9 heteroatoms. The van der Waals surface area contributed by atoms with Gasteiger partial charge in [-0.05, 0) is 6.92 Å². The summed E-state index contributed by atoms with van der Waals surface area (Å²) in [5.41, 5.74) is 1.08. The number of nitrogens with zero attached hydrogens (tertiary/aromatic N) is 2. The molecular weight excluding hydrogens is 350 g/mol. The van der Waals surface area contributed by atoms with Crippen LogP contribution in [0, 0.1) is 0 Å². The van der Waals surface area contributed by atoms with Gasteiger partial charge in [0.15, 0.2) is 27.5 Å². The largest absolute Gasteiger partial charge is 0.493 e. The number of carbonyl (C=O) groups is 1. The second-order valence-corrected chi connectivity index (χ2v) is 6.47. The Labute approximate surface area is 146 Å². The number of aromatic nitrogens is 2. The molecule has 0 aliphatic carbocycles. The molecule has 0 amide bonds. The van der Waals surface area contributed by atoms with E-state index in [2.05, 4.69) is 15.3 Å². The predicted molar refractivity (Wildman–Crippen MR) is 94.1 cm³/mol. The Morgan fingerprint density at radius 3 is 2.62 bits per heavy atom. The van der Waals surface area contributed by atoms with Crippen LogP contribution in [-0.4, -0.2) is 36.8 Å². The summed E-state index contributed by atoms with van der Waals surface area (Å²) in [6.07, 6.45) is 0. The molecule has 126 valence electrons. The van der Waals surface area contributed by atoms with Crippen molar-refractivity contribution in [2.75, 3.05) is 26.1 Å². The molecular formula is C15H15N3O4S2. The second kappa shape index (κ2) is 7.02. The molecule has 3 aromatic rings. The smallest absolute Gasteiger partial charge is 0.357 e. The van der Waals surface area contributed by atoms with E-state index in [0.717, 1.165) is 10.2 Å². The first-order valence-corrected chi connectivity index (χ1v) is 8.76. The van der Waals surface area contributed by atoms with Crippen LogP contribution in [0.2, 0.25) is 0 Å². The van der Waals surface area contributed by atoms with Gasteiger partial charge in [-0.2, -0.15) is 0 Å². The fourth-order valence-corrected chi connectivity index (χ4v) is 3.65. The Kier molecular flexibility index (Phi) is 4.81. The number of fused-ring (bicyclic) bond motifs is 1. The lowest BCUT2D eigenvalue weighted by atomic mass is 10.3. The van der Waals surface area contributed by atoms with Crippen molar-refractivity contribution in [3.8, 4) is 11.5 Å². The van der Waals surface area contributed by atoms with Gasteiger partial charge < -0.3 is 19.5 Å². The summed E-state index contributed by atoms with van der Waals surface area (Å²) in [6.45, 7) is 2.08. The lowest BCUT2D eigenvalue weighted by Crippen LogP contribution is -2.04. The van der Waals surface area contributed by atoms with E-state index < -0.39 is 5.97 Å². The average molecular weight is 365 g/mol. The molecule has 0 saturated heterocycles. The van der Waals surface area contributed by atoms with Crippen molar-refractivity contribution in [2.24, 2.45) is 0 Å². The van der Waals surface area contributed by atoms with Crippen molar-refractivity contribution in [3.05, 3.63) is 23.2 Å². The SMILES string of the molecule is CCOC(=O)c1csc(Nc2nc3cc(OC)c(OC)cc3s2)n1. The van der Waals surface area contributed by atoms with Gasteiger partial charge in [0, 0.05) is 17.5 Å². The van der Waals surface area contributed by atoms with Crippen LogP contribution in [0.1, 0.15) is 17.4 Å². The quantitative estimate of drug-likeness (QED) is 0.667. The number of methoxy groups -OCH3 is 2. The van der Waals surface area contributed by atoms with Crippen LogP contribution < -0.4 is 14.8 Å². The highest BCUT2D eigenvalue weighted by atomic mass is 32.1. The Bertz CT molecular complexity index is 834. The van der Waals surface area contributed by atoms with Gasteiger partial charge in [-0.15, -0.1) is 11.3 Å². The average Bonchev–Trinajstić information content (AvgIpc) is 3.19. The number of hydrogen-bond acceptors (Lipinski definition) is 9. The van der Waals surface area contributed by atoms with Crippen LogP contribution >= 0.6 is 22.7 Å². The van der Waals surface area contributed by atoms with Gasteiger partial charge in [0.25, 0.3) is 0 Å². The van der Waals surface area contributed by atoms with Crippen molar-refractivity contribution in [1.29, 1.82) is 0 Å². The van der Waals surface area contributed by atoms with Gasteiger partial charge in [-0.3, -0.25) is 0 Å². The molecule has 24 heavy (non-hydrogen) atoms. The maximum absolute atomic E-state index is 11.6. The summed E-state index contributed by atoms with van der Waals surface area (Å²) in [6, 6.07) is 3.70. The summed E-state index contributed by atoms with van der Waals surface area (Å²) in [5.74, 6) is 0.848. The van der Waals surface area contributed by atoms with Crippen LogP contribution in [0.25, 0.3) is 10.2 Å². The normalized spacial score (nSPS) is 10.6. The molecule has 0 spiro atoms. The number of thiazole rings is 2. The van der Waals surface area contributed by atoms with Crippen molar-refractivity contribution < 1.29 is 19.0 Å². The number of hydrogen-bond donors (Lipinski definition) is 1. The molecule has 0 fully saturated rings. The van der Waals surface area contributed by atoms with Crippen molar-refractivity contribution >= 4 is 49.1 Å². The highest BCUT2D eigenvalue weighted by Gasteiger charge is 2.14. The Balaban J connectivity index is 1.84. The van der Waals surface area contributed by atoms with Gasteiger partial charge in [-0.25, -0.2) is 14.8 Å². The molecule has 0 saturated carbocycles. The minimum atomic E-state index is -0.430. The minimum absolute atomic E-state index is 0.286. The van der Waals surface area contributed by atoms with Crippen LogP contribution in [0.4, 0.5) is 10.3 Å². The van der Waals surface area contributed by atoms with E-state index >= 15 is 0 Å². The number of ether oxygens (including phenoxy) is 3. The first kappa shape index (κ1) is 16.5. The molecule has 7 nitrogen and oxygen atoms in total. The molecule has 0 aliphatic heterocycles. The van der Waals surface area contributed by atoms with Gasteiger partial charge in [-0.1, -0.05) is 11.3 Å². The third-order valence-corrected chi connectivity index (χ3v) is 4.79. The molecule has 0 unspecified atom stereocenters. The Hall–Kier alpha value is -2.39. The molecule has 0 atom stereocenters. The van der Waals surface area contributed by atoms with E-state index in [-0.39, 0.29) is 5.69 Å². The highest BCUT2D eigenvalue weighted by Crippen LogP contribution is 2.37. The molecule has 0 radical (unpaired) electrons. The van der Waals surface area contributed by atoms with E-state index in [1.807, 2.05) is 12.1 Å². The Morgan fingerprint density at radius 1 is 1.17 bits per heavy atom. The molecule has 0 bridgehead atoms. The fourth-order valence-electron chi connectivity index (χ4n) is 2.03. The first-order chi connectivity index (χ1) is 11.6. The summed E-state index contributed by atoms with van der Waals surface area (Å²) >= 11 is 2.78. The third kappa shape index (κ3) is 3.26. The van der Waals surface area contributed by atoms with Gasteiger partial charge in [0.2, 0.25) is 0 Å². The lowest BCUT2D eigenvalue weighted by molar-refractivity contribution is 0.0520. The number of carbonyl (C=O) groups excluding carboxylic acids is 1. The van der Waals surface area contributed by atoms with Crippen molar-refractivity contribution in [3.63, 3.8) is 0 Å². The van der Waals surface area contributed by atoms with Gasteiger partial charge in [0.05, 0.1) is 31.0 Å². The third-order valence-electron chi connectivity index (χ3n) is 3.10. The van der Waals surface area contributed by atoms with Gasteiger partial charge >= 0.3 is 5.97 Å². The van der Waals surface area contributed by atoms with E-state index in [1.165, 1.54) is 22.7 Å². The summed E-state index contributed by atoms with van der Waals surface area (Å²) in [5, 5.41) is 6.01. The number of benzene rings is 1. The minimum Gasteiger partial charge on any atom is -0.493 e. The molecule has 1 N–H and O–H groups in total. The van der Waals surface area contributed by atoms with Crippen LogP contribution in [0.3, 0.4) is 0 Å². The highest BCUT2D eigenvalue weighted by molar-refractivity contribution is 7.22. The van der Waals surface area contributed by atoms with E-state index in [9.17, 15) is 4.79 Å². The topological polar surface area (TPSA) is 82.6 Å². The molecule has 1 aromatic carbocycles.